The Hall–Kier alpha value is -1.77. The van der Waals surface area contributed by atoms with Crippen molar-refractivity contribution < 1.29 is 5.11 Å². The largest absolute Gasteiger partial charge is 0.399 e. The minimum atomic E-state index is 0.200. The third-order valence-corrected chi connectivity index (χ3v) is 3.27. The molecule has 0 aliphatic carbocycles. The molecule has 1 aliphatic heterocycles. The molecule has 1 aromatic rings. The molecule has 18 heavy (non-hydrogen) atoms. The predicted molar refractivity (Wildman–Crippen MR) is 71.3 cm³/mol. The van der Waals surface area contributed by atoms with E-state index in [9.17, 15) is 0 Å². The zero-order valence-electron chi connectivity index (χ0n) is 10.3. The van der Waals surface area contributed by atoms with E-state index >= 15 is 0 Å². The fraction of sp³-hybridized carbons (Fsp3) is 0.462. The summed E-state index contributed by atoms with van der Waals surface area (Å²) in [5, 5.41) is 18.0. The number of β-amino-alcohol motifs (C(OH)–C–C–N with tert-alkyl or cyclic N) is 1. The van der Waals surface area contributed by atoms with Crippen molar-refractivity contribution in [2.75, 3.05) is 50.0 Å². The number of aliphatic hydroxyl groups excluding tert-OH is 1. The first-order valence-corrected chi connectivity index (χ1v) is 6.12. The molecule has 0 aromatic heterocycles. The first kappa shape index (κ1) is 12.7. The first-order chi connectivity index (χ1) is 8.74. The third kappa shape index (κ3) is 2.73. The topological polar surface area (TPSA) is 76.5 Å². The van der Waals surface area contributed by atoms with Crippen LogP contribution >= 0.6 is 0 Å². The monoisotopic (exact) mass is 246 g/mol. The summed E-state index contributed by atoms with van der Waals surface area (Å²) < 4.78 is 0. The smallest absolute Gasteiger partial charge is 0.101 e. The number of nitrogens with two attached hydrogens (primary N) is 1. The summed E-state index contributed by atoms with van der Waals surface area (Å²) in [5.74, 6) is 0. The number of piperazine rings is 1. The van der Waals surface area contributed by atoms with Gasteiger partial charge in [0, 0.05) is 38.4 Å². The van der Waals surface area contributed by atoms with Crippen LogP contribution in [0.5, 0.6) is 0 Å². The van der Waals surface area contributed by atoms with E-state index in [0.717, 1.165) is 38.4 Å². The van der Waals surface area contributed by atoms with Gasteiger partial charge in [-0.1, -0.05) is 0 Å². The van der Waals surface area contributed by atoms with Gasteiger partial charge < -0.3 is 15.7 Å². The van der Waals surface area contributed by atoms with E-state index in [1.807, 2.05) is 12.1 Å². The number of nitriles is 1. The molecule has 1 fully saturated rings. The highest BCUT2D eigenvalue weighted by atomic mass is 16.3. The van der Waals surface area contributed by atoms with Gasteiger partial charge in [-0.2, -0.15) is 5.26 Å². The molecule has 5 nitrogen and oxygen atoms in total. The van der Waals surface area contributed by atoms with Crippen LogP contribution in [0.4, 0.5) is 11.4 Å². The molecule has 0 bridgehead atoms. The maximum absolute atomic E-state index is 9.13. The van der Waals surface area contributed by atoms with Gasteiger partial charge in [-0.3, -0.25) is 4.90 Å². The van der Waals surface area contributed by atoms with Crippen molar-refractivity contribution in [2.45, 2.75) is 0 Å². The predicted octanol–water partition coefficient (Wildman–Crippen LogP) is 0.255. The van der Waals surface area contributed by atoms with Gasteiger partial charge in [-0.05, 0) is 18.2 Å². The standard InChI is InChI=1S/C13H18N4O/c14-10-11-9-12(15)1-2-13(11)17-5-3-16(4-6-17)7-8-18/h1-2,9,18H,3-8,15H2. The highest BCUT2D eigenvalue weighted by molar-refractivity contribution is 5.64. The van der Waals surface area contributed by atoms with E-state index < -0.39 is 0 Å². The number of benzene rings is 1. The van der Waals surface area contributed by atoms with Crippen molar-refractivity contribution in [1.29, 1.82) is 5.26 Å². The molecule has 0 unspecified atom stereocenters. The maximum atomic E-state index is 9.13. The molecule has 96 valence electrons. The summed E-state index contributed by atoms with van der Waals surface area (Å²) in [5.41, 5.74) is 7.89. The second-order valence-electron chi connectivity index (χ2n) is 4.44. The van der Waals surface area contributed by atoms with Crippen molar-refractivity contribution >= 4 is 11.4 Å². The normalized spacial score (nSPS) is 16.6. The van der Waals surface area contributed by atoms with Crippen LogP contribution in [0.3, 0.4) is 0 Å². The van der Waals surface area contributed by atoms with Crippen molar-refractivity contribution in [2.24, 2.45) is 0 Å². The summed E-state index contributed by atoms with van der Waals surface area (Å²) >= 11 is 0. The average Bonchev–Trinajstić information content (AvgIpc) is 2.40. The van der Waals surface area contributed by atoms with Gasteiger partial charge in [-0.25, -0.2) is 0 Å². The number of aliphatic hydroxyl groups is 1. The Balaban J connectivity index is 2.08. The second-order valence-corrected chi connectivity index (χ2v) is 4.44. The quantitative estimate of drug-likeness (QED) is 0.748. The first-order valence-electron chi connectivity index (χ1n) is 6.12. The van der Waals surface area contributed by atoms with Gasteiger partial charge in [-0.15, -0.1) is 0 Å². The summed E-state index contributed by atoms with van der Waals surface area (Å²) in [6, 6.07) is 7.65. The van der Waals surface area contributed by atoms with Gasteiger partial charge in [0.2, 0.25) is 0 Å². The van der Waals surface area contributed by atoms with E-state index in [2.05, 4.69) is 15.9 Å². The Morgan fingerprint density at radius 2 is 2.00 bits per heavy atom. The highest BCUT2D eigenvalue weighted by Gasteiger charge is 2.18. The summed E-state index contributed by atoms with van der Waals surface area (Å²) in [6.45, 7) is 4.49. The van der Waals surface area contributed by atoms with Crippen LogP contribution in [-0.4, -0.2) is 49.3 Å². The fourth-order valence-corrected chi connectivity index (χ4v) is 2.27. The van der Waals surface area contributed by atoms with Gasteiger partial charge in [0.05, 0.1) is 17.9 Å². The summed E-state index contributed by atoms with van der Waals surface area (Å²) in [7, 11) is 0. The molecule has 3 N–H and O–H groups in total. The van der Waals surface area contributed by atoms with Crippen molar-refractivity contribution in [1.82, 2.24) is 4.90 Å². The SMILES string of the molecule is N#Cc1cc(N)ccc1N1CCN(CCO)CC1. The van der Waals surface area contributed by atoms with Crippen LogP contribution in [0.1, 0.15) is 5.56 Å². The van der Waals surface area contributed by atoms with Crippen LogP contribution in [0.25, 0.3) is 0 Å². The van der Waals surface area contributed by atoms with Crippen LogP contribution in [-0.2, 0) is 0 Å². The van der Waals surface area contributed by atoms with Gasteiger partial charge >= 0.3 is 0 Å². The highest BCUT2D eigenvalue weighted by Crippen LogP contribution is 2.23. The zero-order chi connectivity index (χ0) is 13.0. The molecule has 0 saturated carbocycles. The number of hydrogen-bond acceptors (Lipinski definition) is 5. The number of anilines is 2. The Morgan fingerprint density at radius 3 is 2.61 bits per heavy atom. The lowest BCUT2D eigenvalue weighted by molar-refractivity contribution is 0.189. The lowest BCUT2D eigenvalue weighted by atomic mass is 10.1. The average molecular weight is 246 g/mol. The van der Waals surface area contributed by atoms with E-state index in [4.69, 9.17) is 16.1 Å². The minimum absolute atomic E-state index is 0.200. The number of rotatable bonds is 3. The molecule has 0 radical (unpaired) electrons. The lowest BCUT2D eigenvalue weighted by Crippen LogP contribution is -2.47. The number of nitrogens with zero attached hydrogens (tertiary/aromatic N) is 3. The van der Waals surface area contributed by atoms with E-state index in [1.54, 1.807) is 6.07 Å². The minimum Gasteiger partial charge on any atom is -0.399 e. The van der Waals surface area contributed by atoms with Crippen molar-refractivity contribution in [3.05, 3.63) is 23.8 Å². The number of nitrogen functional groups attached to an aromatic ring is 1. The van der Waals surface area contributed by atoms with E-state index in [1.165, 1.54) is 0 Å². The summed E-state index contributed by atoms with van der Waals surface area (Å²) in [6.07, 6.45) is 0. The lowest BCUT2D eigenvalue weighted by Gasteiger charge is -2.36. The van der Waals surface area contributed by atoms with Crippen molar-refractivity contribution in [3.8, 4) is 6.07 Å². The fourth-order valence-electron chi connectivity index (χ4n) is 2.27. The molecule has 2 rings (SSSR count). The van der Waals surface area contributed by atoms with Crippen LogP contribution in [0, 0.1) is 11.3 Å². The summed E-state index contributed by atoms with van der Waals surface area (Å²) in [4.78, 5) is 4.42. The van der Waals surface area contributed by atoms with Crippen molar-refractivity contribution in [3.63, 3.8) is 0 Å². The Kier molecular flexibility index (Phi) is 4.03. The molecule has 1 aliphatic rings. The zero-order valence-corrected chi connectivity index (χ0v) is 10.3. The number of hydrogen-bond donors (Lipinski definition) is 2. The molecule has 0 atom stereocenters. The van der Waals surface area contributed by atoms with E-state index in [0.29, 0.717) is 11.3 Å². The van der Waals surface area contributed by atoms with Crippen LogP contribution < -0.4 is 10.6 Å². The Bertz CT molecular complexity index is 447. The molecular weight excluding hydrogens is 228 g/mol. The molecule has 1 heterocycles. The third-order valence-electron chi connectivity index (χ3n) is 3.27. The molecule has 5 heteroatoms. The second kappa shape index (κ2) is 5.71. The molecule has 0 amide bonds. The molecular formula is C13H18N4O. The Labute approximate surface area is 107 Å². The van der Waals surface area contributed by atoms with E-state index in [-0.39, 0.29) is 6.61 Å². The molecule has 1 saturated heterocycles. The van der Waals surface area contributed by atoms with Crippen LogP contribution in [0.15, 0.2) is 18.2 Å². The Morgan fingerprint density at radius 1 is 1.28 bits per heavy atom. The molecule has 0 spiro atoms. The van der Waals surface area contributed by atoms with Gasteiger partial charge in [0.15, 0.2) is 0 Å². The van der Waals surface area contributed by atoms with Gasteiger partial charge in [0.25, 0.3) is 0 Å². The molecule has 1 aromatic carbocycles. The maximum Gasteiger partial charge on any atom is 0.101 e. The van der Waals surface area contributed by atoms with Crippen LogP contribution in [0.2, 0.25) is 0 Å². The van der Waals surface area contributed by atoms with Gasteiger partial charge in [0.1, 0.15) is 6.07 Å².